The van der Waals surface area contributed by atoms with Crippen molar-refractivity contribution in [1.82, 2.24) is 4.57 Å². The third kappa shape index (κ3) is 6.38. The van der Waals surface area contributed by atoms with Gasteiger partial charge in [-0.15, -0.1) is 13.2 Å². The molecule has 1 N–H and O–H groups in total. The summed E-state index contributed by atoms with van der Waals surface area (Å²) in [6, 6.07) is 12.8. The monoisotopic (exact) mass is 563 g/mol. The van der Waals surface area contributed by atoms with Gasteiger partial charge in [0.25, 0.3) is 0 Å². The van der Waals surface area contributed by atoms with Crippen LogP contribution in [0.4, 0.5) is 22.0 Å². The van der Waals surface area contributed by atoms with Gasteiger partial charge in [0.2, 0.25) is 0 Å². The number of nitrogens with zero attached hydrogens (tertiary/aromatic N) is 1. The molecule has 0 bridgehead atoms. The Morgan fingerprint density at radius 3 is 2.36 bits per heavy atom. The van der Waals surface area contributed by atoms with Gasteiger partial charge in [0.15, 0.2) is 0 Å². The first-order chi connectivity index (χ1) is 18.1. The van der Waals surface area contributed by atoms with Gasteiger partial charge in [0, 0.05) is 44.4 Å². The third-order valence-electron chi connectivity index (χ3n) is 6.41. The molecule has 4 aromatic rings. The highest BCUT2D eigenvalue weighted by Crippen LogP contribution is 2.44. The first kappa shape index (κ1) is 28.5. The Kier molecular flexibility index (Phi) is 7.71. The maximum absolute atomic E-state index is 14.7. The fourth-order valence-electron chi connectivity index (χ4n) is 4.26. The van der Waals surface area contributed by atoms with Gasteiger partial charge < -0.3 is 14.4 Å². The first-order valence-electron chi connectivity index (χ1n) is 12.0. The molecule has 0 aliphatic carbocycles. The number of benzene rings is 3. The molecular weight excluding hydrogens is 537 g/mol. The quantitative estimate of drug-likeness (QED) is 0.219. The molecule has 0 atom stereocenters. The molecule has 4 nitrogen and oxygen atoms in total. The highest BCUT2D eigenvalue weighted by molar-refractivity contribution is 7.99. The largest absolute Gasteiger partial charge is 0.573 e. The minimum absolute atomic E-state index is 0.0114. The van der Waals surface area contributed by atoms with E-state index in [0.717, 1.165) is 34.2 Å². The van der Waals surface area contributed by atoms with Crippen LogP contribution in [0.5, 0.6) is 5.75 Å². The average Bonchev–Trinajstić information content (AvgIpc) is 3.08. The molecule has 1 aromatic heterocycles. The van der Waals surface area contributed by atoms with Gasteiger partial charge in [-0.3, -0.25) is 4.79 Å². The van der Waals surface area contributed by atoms with Crippen LogP contribution in [0.1, 0.15) is 36.2 Å². The Balaban J connectivity index is 2.01. The van der Waals surface area contributed by atoms with Crippen molar-refractivity contribution < 1.29 is 36.6 Å². The number of ether oxygens (including phenoxy) is 1. The molecule has 39 heavy (non-hydrogen) atoms. The van der Waals surface area contributed by atoms with E-state index in [0.29, 0.717) is 21.5 Å². The number of hydrogen-bond acceptors (Lipinski definition) is 3. The number of aromatic nitrogens is 1. The summed E-state index contributed by atoms with van der Waals surface area (Å²) in [5.74, 6) is -3.05. The van der Waals surface area contributed by atoms with E-state index < -0.39 is 35.1 Å². The van der Waals surface area contributed by atoms with Crippen LogP contribution in [0.2, 0.25) is 0 Å². The molecule has 0 spiro atoms. The third-order valence-corrected chi connectivity index (χ3v) is 7.73. The van der Waals surface area contributed by atoms with Gasteiger partial charge in [-0.1, -0.05) is 30.0 Å². The van der Waals surface area contributed by atoms with E-state index in [-0.39, 0.29) is 18.5 Å². The van der Waals surface area contributed by atoms with E-state index in [1.807, 2.05) is 32.0 Å². The van der Waals surface area contributed by atoms with E-state index >= 15 is 0 Å². The van der Waals surface area contributed by atoms with Crippen molar-refractivity contribution in [1.29, 1.82) is 0 Å². The van der Waals surface area contributed by atoms with Crippen LogP contribution in [-0.2, 0) is 17.8 Å². The minimum atomic E-state index is -4.91. The van der Waals surface area contributed by atoms with Crippen LogP contribution < -0.4 is 4.74 Å². The highest BCUT2D eigenvalue weighted by Gasteiger charge is 2.34. The topological polar surface area (TPSA) is 51.5 Å². The fourth-order valence-corrected chi connectivity index (χ4v) is 5.53. The van der Waals surface area contributed by atoms with Crippen molar-refractivity contribution in [2.75, 3.05) is 0 Å². The average molecular weight is 564 g/mol. The van der Waals surface area contributed by atoms with E-state index in [1.54, 1.807) is 18.4 Å². The fraction of sp³-hybridized carbons (Fsp3) is 0.276. The Morgan fingerprint density at radius 1 is 1.00 bits per heavy atom. The van der Waals surface area contributed by atoms with E-state index in [1.165, 1.54) is 30.0 Å². The van der Waals surface area contributed by atoms with Crippen LogP contribution in [0, 0.1) is 30.9 Å². The van der Waals surface area contributed by atoms with E-state index in [2.05, 4.69) is 4.74 Å². The van der Waals surface area contributed by atoms with E-state index in [9.17, 15) is 31.9 Å². The number of aryl methyl sites for hydroxylation is 2. The molecule has 206 valence electrons. The summed E-state index contributed by atoms with van der Waals surface area (Å²) in [6.45, 7) is 6.79. The van der Waals surface area contributed by atoms with Crippen LogP contribution in [0.3, 0.4) is 0 Å². The zero-order chi connectivity index (χ0) is 28.7. The Morgan fingerprint density at radius 2 is 1.72 bits per heavy atom. The molecule has 0 saturated heterocycles. The van der Waals surface area contributed by atoms with Gasteiger partial charge in [0.05, 0.1) is 12.0 Å². The van der Waals surface area contributed by atoms with Crippen molar-refractivity contribution in [2.24, 2.45) is 5.41 Å². The van der Waals surface area contributed by atoms with Gasteiger partial charge in [-0.25, -0.2) is 8.78 Å². The molecule has 0 aliphatic heterocycles. The lowest BCUT2D eigenvalue weighted by molar-refractivity contribution is -0.274. The SMILES string of the molecule is Cc1ccc(C)c(Sc2c(CC(C)(C)C(=O)O)n(Cc3ccc(F)cc3F)c3ccc(OC(F)(F)F)cc23)c1. The second-order valence-electron chi connectivity index (χ2n) is 10.1. The molecule has 0 amide bonds. The molecule has 10 heteroatoms. The molecular formula is C29H26F5NO3S. The zero-order valence-corrected chi connectivity index (χ0v) is 22.4. The van der Waals surface area contributed by atoms with Crippen LogP contribution in [0.15, 0.2) is 64.4 Å². The first-order valence-corrected chi connectivity index (χ1v) is 12.8. The number of hydrogen-bond donors (Lipinski definition) is 1. The number of alkyl halides is 3. The summed E-state index contributed by atoms with van der Waals surface area (Å²) in [6.07, 6.45) is -4.93. The summed E-state index contributed by atoms with van der Waals surface area (Å²) < 4.78 is 73.4. The number of halogens is 5. The maximum Gasteiger partial charge on any atom is 0.573 e. The summed E-state index contributed by atoms with van der Waals surface area (Å²) in [5.41, 5.74) is 1.71. The number of fused-ring (bicyclic) bond motifs is 1. The van der Waals surface area contributed by atoms with Gasteiger partial charge >= 0.3 is 12.3 Å². The number of carbonyl (C=O) groups is 1. The van der Waals surface area contributed by atoms with Gasteiger partial charge in [-0.2, -0.15) is 0 Å². The molecule has 0 saturated carbocycles. The molecule has 0 unspecified atom stereocenters. The van der Waals surface area contributed by atoms with Crippen LogP contribution in [-0.4, -0.2) is 22.0 Å². The highest BCUT2D eigenvalue weighted by atomic mass is 32.2. The predicted octanol–water partition coefficient (Wildman–Crippen LogP) is 8.29. The molecule has 0 radical (unpaired) electrons. The van der Waals surface area contributed by atoms with Gasteiger partial charge in [-0.05, 0) is 69.2 Å². The lowest BCUT2D eigenvalue weighted by atomic mass is 9.88. The van der Waals surface area contributed by atoms with Crippen molar-refractivity contribution in [3.8, 4) is 5.75 Å². The van der Waals surface area contributed by atoms with Crippen molar-refractivity contribution in [3.05, 3.63) is 88.6 Å². The Labute approximate surface area is 226 Å². The normalized spacial score (nSPS) is 12.2. The second kappa shape index (κ2) is 10.6. The lowest BCUT2D eigenvalue weighted by Gasteiger charge is -2.22. The Bertz CT molecular complexity index is 1560. The molecule has 1 heterocycles. The number of aliphatic carboxylic acids is 1. The lowest BCUT2D eigenvalue weighted by Crippen LogP contribution is -2.27. The van der Waals surface area contributed by atoms with Crippen LogP contribution >= 0.6 is 11.8 Å². The summed E-state index contributed by atoms with van der Waals surface area (Å²) in [7, 11) is 0. The summed E-state index contributed by atoms with van der Waals surface area (Å²) in [4.78, 5) is 13.5. The molecule has 0 fully saturated rings. The summed E-state index contributed by atoms with van der Waals surface area (Å²) in [5, 5.41) is 10.3. The smallest absolute Gasteiger partial charge is 0.481 e. The molecule has 3 aromatic carbocycles. The van der Waals surface area contributed by atoms with E-state index in [4.69, 9.17) is 0 Å². The number of rotatable bonds is 8. The molecule has 4 rings (SSSR count). The Hall–Kier alpha value is -3.53. The maximum atomic E-state index is 14.7. The number of carboxylic acids is 1. The summed E-state index contributed by atoms with van der Waals surface area (Å²) >= 11 is 1.30. The number of carboxylic acid groups (broad SMARTS) is 1. The van der Waals surface area contributed by atoms with Crippen LogP contribution in [0.25, 0.3) is 10.9 Å². The second-order valence-corrected chi connectivity index (χ2v) is 11.1. The molecule has 0 aliphatic rings. The van der Waals surface area contributed by atoms with Crippen molar-refractivity contribution in [3.63, 3.8) is 0 Å². The standard InChI is InChI=1S/C29H26F5NO3S/c1-16-5-6-17(2)25(11-16)39-26-21-13-20(38-29(32,33)34)9-10-23(21)35(24(26)14-28(3,4)27(36)37)15-18-7-8-19(30)12-22(18)31/h5-13H,14-15H2,1-4H3,(H,36,37). The van der Waals surface area contributed by atoms with Gasteiger partial charge in [0.1, 0.15) is 17.4 Å². The minimum Gasteiger partial charge on any atom is -0.481 e. The van der Waals surface area contributed by atoms with Crippen molar-refractivity contribution >= 4 is 28.6 Å². The zero-order valence-electron chi connectivity index (χ0n) is 21.6. The predicted molar refractivity (Wildman–Crippen MR) is 139 cm³/mol. The van der Waals surface area contributed by atoms with Crippen molar-refractivity contribution in [2.45, 2.75) is 56.8 Å².